The molecule has 2 N–H and O–H groups in total. The molecule has 0 bridgehead atoms. The maximum atomic E-state index is 5.43. The van der Waals surface area contributed by atoms with Crippen molar-refractivity contribution in [2.45, 2.75) is 38.2 Å². The number of rotatable bonds is 1. The summed E-state index contributed by atoms with van der Waals surface area (Å²) in [6.07, 6.45) is 0. The first-order chi connectivity index (χ1) is 5.45. The molecule has 0 aromatic carbocycles. The predicted octanol–water partition coefficient (Wildman–Crippen LogP) is 2.85. The Bertz CT molecular complexity index is 273. The van der Waals surface area contributed by atoms with Crippen molar-refractivity contribution in [1.82, 2.24) is 0 Å². The predicted molar refractivity (Wildman–Crippen MR) is 52.2 cm³/mol. The van der Waals surface area contributed by atoms with E-state index in [1.54, 1.807) is 0 Å². The minimum atomic E-state index is 0.140. The summed E-state index contributed by atoms with van der Waals surface area (Å²) in [4.78, 5) is 0. The summed E-state index contributed by atoms with van der Waals surface area (Å²) in [5.74, 6) is 0.968. The molecule has 2 nitrogen and oxygen atoms in total. The van der Waals surface area contributed by atoms with E-state index in [2.05, 4.69) is 20.8 Å². The van der Waals surface area contributed by atoms with Crippen LogP contribution in [0.4, 0.5) is 0 Å². The van der Waals surface area contributed by atoms with Crippen molar-refractivity contribution in [3.63, 3.8) is 0 Å². The number of hydrogen-bond acceptors (Lipinski definition) is 3. The van der Waals surface area contributed by atoms with Crippen molar-refractivity contribution in [3.8, 4) is 0 Å². The summed E-state index contributed by atoms with van der Waals surface area (Å²) >= 11 is 1.15. The second kappa shape index (κ2) is 3.15. The van der Waals surface area contributed by atoms with Gasteiger partial charge < -0.3 is 4.42 Å². The molecule has 0 saturated heterocycles. The van der Waals surface area contributed by atoms with Crippen LogP contribution in [0.1, 0.15) is 32.1 Å². The third-order valence-electron chi connectivity index (χ3n) is 1.82. The zero-order valence-corrected chi connectivity index (χ0v) is 8.79. The van der Waals surface area contributed by atoms with E-state index in [-0.39, 0.29) is 5.41 Å². The molecule has 0 unspecified atom stereocenters. The second-order valence-corrected chi connectivity index (χ2v) is 4.54. The van der Waals surface area contributed by atoms with E-state index in [0.29, 0.717) is 0 Å². The van der Waals surface area contributed by atoms with Crippen LogP contribution in [0.15, 0.2) is 15.6 Å². The standard InChI is InChI=1S/C9H15NOS/c1-6-7(9(2,3)4)5-8(11-6)12-10/h5H,10H2,1-4H3. The molecule has 0 aliphatic rings. The second-order valence-electron chi connectivity index (χ2n) is 3.90. The Kier molecular flexibility index (Phi) is 2.54. The molecule has 1 aromatic heterocycles. The molecule has 1 heterocycles. The highest BCUT2D eigenvalue weighted by Crippen LogP contribution is 2.30. The summed E-state index contributed by atoms with van der Waals surface area (Å²) in [5, 5.41) is 6.19. The maximum Gasteiger partial charge on any atom is 0.175 e. The van der Waals surface area contributed by atoms with Gasteiger partial charge in [0.1, 0.15) is 5.76 Å². The Morgan fingerprint density at radius 1 is 1.42 bits per heavy atom. The van der Waals surface area contributed by atoms with Gasteiger partial charge in [-0.1, -0.05) is 20.8 Å². The molecule has 0 fully saturated rings. The molecule has 3 heteroatoms. The van der Waals surface area contributed by atoms with Crippen LogP contribution in [0.5, 0.6) is 0 Å². The van der Waals surface area contributed by atoms with Gasteiger partial charge >= 0.3 is 0 Å². The van der Waals surface area contributed by atoms with Gasteiger partial charge in [0.15, 0.2) is 5.09 Å². The molecule has 0 radical (unpaired) electrons. The fourth-order valence-corrected chi connectivity index (χ4v) is 1.62. The Hall–Kier alpha value is -0.410. The zero-order chi connectivity index (χ0) is 9.35. The topological polar surface area (TPSA) is 39.2 Å². The molecule has 0 saturated carbocycles. The molecule has 0 atom stereocenters. The van der Waals surface area contributed by atoms with E-state index >= 15 is 0 Å². The lowest BCUT2D eigenvalue weighted by atomic mass is 9.87. The summed E-state index contributed by atoms with van der Waals surface area (Å²) in [6, 6.07) is 2.01. The van der Waals surface area contributed by atoms with Crippen molar-refractivity contribution in [3.05, 3.63) is 17.4 Å². The highest BCUT2D eigenvalue weighted by Gasteiger charge is 2.20. The van der Waals surface area contributed by atoms with Gasteiger partial charge in [0.05, 0.1) is 0 Å². The van der Waals surface area contributed by atoms with Crippen LogP contribution in [0, 0.1) is 6.92 Å². The van der Waals surface area contributed by atoms with Gasteiger partial charge in [-0.2, -0.15) is 0 Å². The Labute approximate surface area is 77.6 Å². The third-order valence-corrected chi connectivity index (χ3v) is 2.25. The van der Waals surface area contributed by atoms with E-state index in [4.69, 9.17) is 9.56 Å². The molecule has 68 valence electrons. The van der Waals surface area contributed by atoms with E-state index < -0.39 is 0 Å². The Balaban J connectivity index is 3.08. The van der Waals surface area contributed by atoms with Crippen molar-refractivity contribution >= 4 is 11.9 Å². The van der Waals surface area contributed by atoms with Gasteiger partial charge in [-0.3, -0.25) is 5.14 Å². The Morgan fingerprint density at radius 2 is 2.00 bits per heavy atom. The van der Waals surface area contributed by atoms with Crippen molar-refractivity contribution in [2.75, 3.05) is 0 Å². The number of hydrogen-bond donors (Lipinski definition) is 1. The lowest BCUT2D eigenvalue weighted by Gasteiger charge is -2.16. The van der Waals surface area contributed by atoms with Gasteiger partial charge in [0.2, 0.25) is 0 Å². The molecule has 0 spiro atoms. The van der Waals surface area contributed by atoms with Gasteiger partial charge in [0, 0.05) is 0 Å². The molecule has 1 rings (SSSR count). The fourth-order valence-electron chi connectivity index (χ4n) is 1.26. The van der Waals surface area contributed by atoms with Crippen LogP contribution in [0.2, 0.25) is 0 Å². The van der Waals surface area contributed by atoms with Crippen LogP contribution in [-0.4, -0.2) is 0 Å². The van der Waals surface area contributed by atoms with Crippen LogP contribution in [0.25, 0.3) is 0 Å². The first kappa shape index (κ1) is 9.68. The first-order valence-electron chi connectivity index (χ1n) is 3.93. The van der Waals surface area contributed by atoms with E-state index in [1.165, 1.54) is 5.56 Å². The fraction of sp³-hybridized carbons (Fsp3) is 0.556. The molecule has 0 aliphatic carbocycles. The van der Waals surface area contributed by atoms with E-state index in [9.17, 15) is 0 Å². The summed E-state index contributed by atoms with van der Waals surface area (Å²) in [7, 11) is 0. The average molecular weight is 185 g/mol. The van der Waals surface area contributed by atoms with Crippen LogP contribution >= 0.6 is 11.9 Å². The highest BCUT2D eigenvalue weighted by molar-refractivity contribution is 7.96. The maximum absolute atomic E-state index is 5.43. The first-order valence-corrected chi connectivity index (χ1v) is 4.81. The SMILES string of the molecule is Cc1oc(SN)cc1C(C)(C)C. The largest absolute Gasteiger partial charge is 0.454 e. The van der Waals surface area contributed by atoms with E-state index in [0.717, 1.165) is 22.8 Å². The smallest absolute Gasteiger partial charge is 0.175 e. The molecular weight excluding hydrogens is 170 g/mol. The van der Waals surface area contributed by atoms with Crippen LogP contribution in [-0.2, 0) is 5.41 Å². The summed E-state index contributed by atoms with van der Waals surface area (Å²) in [5.41, 5.74) is 1.37. The normalized spacial score (nSPS) is 12.1. The molecule has 0 amide bonds. The van der Waals surface area contributed by atoms with Gasteiger partial charge in [-0.05, 0) is 35.9 Å². The molecular formula is C9H15NOS. The molecule has 12 heavy (non-hydrogen) atoms. The Morgan fingerprint density at radius 3 is 2.25 bits per heavy atom. The molecule has 0 aliphatic heterocycles. The number of aryl methyl sites for hydroxylation is 1. The van der Waals surface area contributed by atoms with Gasteiger partial charge in [0.25, 0.3) is 0 Å². The van der Waals surface area contributed by atoms with Crippen LogP contribution in [0.3, 0.4) is 0 Å². The third kappa shape index (κ3) is 1.84. The quantitative estimate of drug-likeness (QED) is 0.684. The summed E-state index contributed by atoms with van der Waals surface area (Å²) < 4.78 is 5.43. The van der Waals surface area contributed by atoms with Gasteiger partial charge in [-0.25, -0.2) is 0 Å². The minimum Gasteiger partial charge on any atom is -0.454 e. The van der Waals surface area contributed by atoms with Crippen molar-refractivity contribution in [1.29, 1.82) is 0 Å². The monoisotopic (exact) mass is 185 g/mol. The minimum absolute atomic E-state index is 0.140. The zero-order valence-electron chi connectivity index (χ0n) is 7.97. The summed E-state index contributed by atoms with van der Waals surface area (Å²) in [6.45, 7) is 8.46. The molecule has 1 aromatic rings. The lowest BCUT2D eigenvalue weighted by Crippen LogP contribution is -2.10. The van der Waals surface area contributed by atoms with Gasteiger partial charge in [-0.15, -0.1) is 0 Å². The van der Waals surface area contributed by atoms with Crippen LogP contribution < -0.4 is 5.14 Å². The van der Waals surface area contributed by atoms with E-state index in [1.807, 2.05) is 13.0 Å². The number of furan rings is 1. The average Bonchev–Trinajstić information content (AvgIpc) is 2.29. The highest BCUT2D eigenvalue weighted by atomic mass is 32.2. The van der Waals surface area contributed by atoms with Crippen molar-refractivity contribution in [2.24, 2.45) is 5.14 Å². The number of nitrogens with two attached hydrogens (primary N) is 1. The lowest BCUT2D eigenvalue weighted by molar-refractivity contribution is 0.440. The van der Waals surface area contributed by atoms with Crippen molar-refractivity contribution < 1.29 is 4.42 Å².